The number of rotatable bonds is 3. The molecule has 2 saturated heterocycles. The lowest BCUT2D eigenvalue weighted by atomic mass is 10.1. The van der Waals surface area contributed by atoms with Gasteiger partial charge in [-0.25, -0.2) is 4.79 Å². The maximum atomic E-state index is 13.3. The number of benzene rings is 1. The van der Waals surface area contributed by atoms with Crippen molar-refractivity contribution in [2.24, 2.45) is 0 Å². The number of nitrogens with zero attached hydrogens (tertiary/aromatic N) is 2. The lowest BCUT2D eigenvalue weighted by Gasteiger charge is -2.37. The number of amides is 2. The van der Waals surface area contributed by atoms with Gasteiger partial charge in [0.25, 0.3) is 0 Å². The molecule has 2 heterocycles. The fraction of sp³-hybridized carbons (Fsp3) is 0.636. The van der Waals surface area contributed by atoms with Crippen molar-refractivity contribution in [2.45, 2.75) is 64.1 Å². The molecule has 0 unspecified atom stereocenters. The summed E-state index contributed by atoms with van der Waals surface area (Å²) in [6.45, 7) is 8.42. The van der Waals surface area contributed by atoms with Crippen LogP contribution in [0.15, 0.2) is 24.3 Å². The van der Waals surface area contributed by atoms with E-state index in [1.807, 2.05) is 6.92 Å². The molecular weight excluding hydrogens is 429 g/mol. The predicted octanol–water partition coefficient (Wildman–Crippen LogP) is 3.71. The number of halogens is 3. The zero-order valence-corrected chi connectivity index (χ0v) is 18.6. The number of carbonyl (C=O) groups excluding carboxylic acids is 2. The highest BCUT2D eigenvalue weighted by Gasteiger charge is 2.45. The first kappa shape index (κ1) is 24.2. The van der Waals surface area contributed by atoms with Crippen LogP contribution in [0.25, 0.3) is 0 Å². The quantitative estimate of drug-likeness (QED) is 0.691. The van der Waals surface area contributed by atoms with Gasteiger partial charge in [0.15, 0.2) is 0 Å². The van der Waals surface area contributed by atoms with Crippen molar-refractivity contribution >= 4 is 12.0 Å². The van der Waals surface area contributed by atoms with Crippen LogP contribution < -0.4 is 4.74 Å². The Morgan fingerprint density at radius 3 is 2.31 bits per heavy atom. The van der Waals surface area contributed by atoms with Gasteiger partial charge in [-0.2, -0.15) is 13.2 Å². The third-order valence-corrected chi connectivity index (χ3v) is 5.31. The highest BCUT2D eigenvalue weighted by atomic mass is 19.4. The molecule has 3 atom stereocenters. The van der Waals surface area contributed by atoms with Crippen LogP contribution in [0.5, 0.6) is 5.75 Å². The van der Waals surface area contributed by atoms with Crippen molar-refractivity contribution in [3.8, 4) is 5.75 Å². The Balaban J connectivity index is 1.76. The normalized spacial score (nSPS) is 24.4. The fourth-order valence-corrected chi connectivity index (χ4v) is 3.80. The number of alkyl halides is 3. The Morgan fingerprint density at radius 1 is 1.09 bits per heavy atom. The van der Waals surface area contributed by atoms with Gasteiger partial charge in [0.05, 0.1) is 31.4 Å². The molecule has 2 amide bonds. The second kappa shape index (κ2) is 9.17. The number of hydrogen-bond donors (Lipinski definition) is 0. The largest absolute Gasteiger partial charge is 0.488 e. The van der Waals surface area contributed by atoms with Crippen LogP contribution in [0.3, 0.4) is 0 Å². The lowest BCUT2D eigenvalue weighted by molar-refractivity contribution is -0.144. The van der Waals surface area contributed by atoms with Gasteiger partial charge in [-0.05, 0) is 52.0 Å². The second-order valence-electron chi connectivity index (χ2n) is 9.10. The van der Waals surface area contributed by atoms with Crippen LogP contribution in [0.1, 0.15) is 39.7 Å². The highest BCUT2D eigenvalue weighted by molar-refractivity contribution is 5.87. The molecule has 3 rings (SSSR count). The average Bonchev–Trinajstić information content (AvgIpc) is 3.10. The smallest absolute Gasteiger partial charge is 0.416 e. The summed E-state index contributed by atoms with van der Waals surface area (Å²) in [7, 11) is 0. The summed E-state index contributed by atoms with van der Waals surface area (Å²) in [5.41, 5.74) is -1.52. The van der Waals surface area contributed by atoms with Gasteiger partial charge in [0.2, 0.25) is 5.91 Å². The molecule has 0 aromatic heterocycles. The van der Waals surface area contributed by atoms with Crippen molar-refractivity contribution < 1.29 is 37.0 Å². The maximum absolute atomic E-state index is 13.3. The summed E-state index contributed by atoms with van der Waals surface area (Å²) in [6.07, 6.45) is -5.42. The Labute approximate surface area is 185 Å². The number of likely N-dealkylation sites (tertiary alicyclic amines) is 1. The highest BCUT2D eigenvalue weighted by Crippen LogP contribution is 2.32. The number of ether oxygens (including phenoxy) is 3. The molecule has 2 fully saturated rings. The van der Waals surface area contributed by atoms with Gasteiger partial charge in [-0.1, -0.05) is 0 Å². The summed E-state index contributed by atoms with van der Waals surface area (Å²) in [6, 6.07) is 3.43. The van der Waals surface area contributed by atoms with Crippen molar-refractivity contribution in [3.05, 3.63) is 29.8 Å². The molecule has 0 aliphatic carbocycles. The van der Waals surface area contributed by atoms with E-state index in [2.05, 4.69) is 0 Å². The van der Waals surface area contributed by atoms with Crippen molar-refractivity contribution in [1.29, 1.82) is 0 Å². The SMILES string of the molecule is C[C@H]1COCCN1C(=O)[C@@H]1C[C@@H](Oc2ccc(C(F)(F)F)cc2)CN1C(=O)OC(C)(C)C. The first-order valence-electron chi connectivity index (χ1n) is 10.6. The first-order chi connectivity index (χ1) is 14.8. The molecule has 2 aliphatic heterocycles. The molecule has 0 N–H and O–H groups in total. The molecule has 1 aromatic rings. The second-order valence-corrected chi connectivity index (χ2v) is 9.10. The lowest BCUT2D eigenvalue weighted by Crippen LogP contribution is -2.54. The number of morpholine rings is 1. The van der Waals surface area contributed by atoms with Crippen LogP contribution in [0.2, 0.25) is 0 Å². The van der Waals surface area contributed by atoms with Gasteiger partial charge in [0.1, 0.15) is 23.5 Å². The molecule has 0 bridgehead atoms. The van der Waals surface area contributed by atoms with Gasteiger partial charge in [0, 0.05) is 13.0 Å². The number of hydrogen-bond acceptors (Lipinski definition) is 5. The first-order valence-corrected chi connectivity index (χ1v) is 10.6. The molecule has 178 valence electrons. The van der Waals surface area contributed by atoms with Crippen molar-refractivity contribution in [3.63, 3.8) is 0 Å². The Bertz CT molecular complexity index is 822. The third kappa shape index (κ3) is 5.85. The minimum Gasteiger partial charge on any atom is -0.488 e. The van der Waals surface area contributed by atoms with Crippen molar-refractivity contribution in [2.75, 3.05) is 26.3 Å². The van der Waals surface area contributed by atoms with Crippen LogP contribution >= 0.6 is 0 Å². The third-order valence-electron chi connectivity index (χ3n) is 5.31. The van der Waals surface area contributed by atoms with Crippen LogP contribution in [0, 0.1) is 0 Å². The minimum atomic E-state index is -4.44. The van der Waals surface area contributed by atoms with E-state index in [1.165, 1.54) is 17.0 Å². The standard InChI is InChI=1S/C22H29F3N2O5/c1-14-13-30-10-9-26(14)19(28)18-11-17(12-27(18)20(29)32-21(2,3)4)31-16-7-5-15(6-8-16)22(23,24)25/h5-8,14,17-18H,9-13H2,1-4H3/t14-,17+,18-/m0/s1. The van der Waals surface area contributed by atoms with E-state index in [0.29, 0.717) is 19.8 Å². The molecular formula is C22H29F3N2O5. The Hall–Kier alpha value is -2.49. The maximum Gasteiger partial charge on any atom is 0.416 e. The number of carbonyl (C=O) groups is 2. The van der Waals surface area contributed by atoms with Crippen molar-refractivity contribution in [1.82, 2.24) is 9.80 Å². The van der Waals surface area contributed by atoms with E-state index in [1.54, 1.807) is 25.7 Å². The van der Waals surface area contributed by atoms with E-state index in [4.69, 9.17) is 14.2 Å². The summed E-state index contributed by atoms with van der Waals surface area (Å²) in [4.78, 5) is 29.1. The van der Waals surface area contributed by atoms with E-state index in [-0.39, 0.29) is 30.7 Å². The van der Waals surface area contributed by atoms with E-state index < -0.39 is 35.6 Å². The van der Waals surface area contributed by atoms with Gasteiger partial charge in [-0.3, -0.25) is 9.69 Å². The molecule has 0 saturated carbocycles. The molecule has 0 radical (unpaired) electrons. The summed E-state index contributed by atoms with van der Waals surface area (Å²) < 4.78 is 55.1. The Kier molecular flexibility index (Phi) is 6.92. The van der Waals surface area contributed by atoms with Gasteiger partial charge in [-0.15, -0.1) is 0 Å². The van der Waals surface area contributed by atoms with E-state index >= 15 is 0 Å². The molecule has 1 aromatic carbocycles. The molecule has 0 spiro atoms. The van der Waals surface area contributed by atoms with Crippen LogP contribution in [-0.2, 0) is 20.4 Å². The zero-order valence-electron chi connectivity index (χ0n) is 18.6. The van der Waals surface area contributed by atoms with Crippen LogP contribution in [0.4, 0.5) is 18.0 Å². The Morgan fingerprint density at radius 2 is 1.75 bits per heavy atom. The predicted molar refractivity (Wildman–Crippen MR) is 109 cm³/mol. The van der Waals surface area contributed by atoms with Crippen LogP contribution in [-0.4, -0.2) is 71.9 Å². The van der Waals surface area contributed by atoms with E-state index in [0.717, 1.165) is 12.1 Å². The summed E-state index contributed by atoms with van der Waals surface area (Å²) in [5.74, 6) is 0.0187. The van der Waals surface area contributed by atoms with Gasteiger partial charge >= 0.3 is 12.3 Å². The molecule has 10 heteroatoms. The topological polar surface area (TPSA) is 68.3 Å². The minimum absolute atomic E-state index is 0.0884. The fourth-order valence-electron chi connectivity index (χ4n) is 3.80. The van der Waals surface area contributed by atoms with E-state index in [9.17, 15) is 22.8 Å². The average molecular weight is 458 g/mol. The monoisotopic (exact) mass is 458 g/mol. The molecule has 32 heavy (non-hydrogen) atoms. The molecule has 7 nitrogen and oxygen atoms in total. The van der Waals surface area contributed by atoms with Gasteiger partial charge < -0.3 is 19.1 Å². The zero-order chi connectivity index (χ0) is 23.7. The summed E-state index contributed by atoms with van der Waals surface area (Å²) >= 11 is 0. The summed E-state index contributed by atoms with van der Waals surface area (Å²) in [5, 5.41) is 0. The molecule has 2 aliphatic rings.